The lowest BCUT2D eigenvalue weighted by molar-refractivity contribution is -0.137. The van der Waals surface area contributed by atoms with E-state index in [0.717, 1.165) is 23.6 Å². The third kappa shape index (κ3) is 5.58. The molecule has 2 aromatic rings. The van der Waals surface area contributed by atoms with Crippen molar-refractivity contribution in [2.45, 2.75) is 12.3 Å². The van der Waals surface area contributed by atoms with E-state index < -0.39 is 17.8 Å². The number of nitrogens with zero attached hydrogens (tertiary/aromatic N) is 3. The molecule has 1 aromatic carbocycles. The van der Waals surface area contributed by atoms with E-state index in [4.69, 9.17) is 23.2 Å². The number of hydrogen-bond acceptors (Lipinski definition) is 5. The quantitative estimate of drug-likeness (QED) is 0.651. The maximum absolute atomic E-state index is 12.8. The second kappa shape index (κ2) is 9.28. The van der Waals surface area contributed by atoms with Crippen LogP contribution in [0.15, 0.2) is 36.5 Å². The minimum atomic E-state index is -4.46. The van der Waals surface area contributed by atoms with Crippen molar-refractivity contribution in [2.75, 3.05) is 53.7 Å². The van der Waals surface area contributed by atoms with E-state index in [-0.39, 0.29) is 10.9 Å². The molecule has 0 saturated carbocycles. The van der Waals surface area contributed by atoms with Gasteiger partial charge in [0.1, 0.15) is 5.82 Å². The lowest BCUT2D eigenvalue weighted by atomic mass is 10.2. The zero-order valence-electron chi connectivity index (χ0n) is 15.5. The number of benzene rings is 1. The summed E-state index contributed by atoms with van der Waals surface area (Å²) in [6.45, 7) is 2.95. The third-order valence-electron chi connectivity index (χ3n) is 4.68. The van der Waals surface area contributed by atoms with Crippen molar-refractivity contribution in [3.05, 3.63) is 47.1 Å². The van der Waals surface area contributed by atoms with E-state index in [1.165, 1.54) is 0 Å². The molecule has 1 fully saturated rings. The van der Waals surface area contributed by atoms with Crippen LogP contribution >= 0.6 is 23.2 Å². The Kier molecular flexibility index (Phi) is 6.97. The lowest BCUT2D eigenvalue weighted by Gasteiger charge is -2.37. The number of hydrogen-bond donors (Lipinski definition) is 2. The summed E-state index contributed by atoms with van der Waals surface area (Å²) in [4.78, 5) is 8.01. The van der Waals surface area contributed by atoms with Gasteiger partial charge in [-0.25, -0.2) is 4.98 Å². The molecule has 0 aliphatic carbocycles. The van der Waals surface area contributed by atoms with Crippen LogP contribution in [0.5, 0.6) is 0 Å². The number of aliphatic hydroxyl groups excluding tert-OH is 1. The summed E-state index contributed by atoms with van der Waals surface area (Å²) < 4.78 is 38.3. The molecule has 29 heavy (non-hydrogen) atoms. The van der Waals surface area contributed by atoms with Crippen molar-refractivity contribution in [3.63, 3.8) is 0 Å². The topological polar surface area (TPSA) is 51.6 Å². The van der Waals surface area contributed by atoms with Crippen molar-refractivity contribution in [1.82, 2.24) is 4.98 Å². The van der Waals surface area contributed by atoms with Crippen molar-refractivity contribution < 1.29 is 18.3 Å². The van der Waals surface area contributed by atoms with Crippen LogP contribution in [0.4, 0.5) is 30.4 Å². The largest absolute Gasteiger partial charge is 0.417 e. The molecule has 0 spiro atoms. The van der Waals surface area contributed by atoms with Crippen LogP contribution in [0, 0.1) is 0 Å². The molecule has 2 heterocycles. The number of aliphatic hydroxyl groups is 1. The van der Waals surface area contributed by atoms with Crippen LogP contribution in [0.3, 0.4) is 0 Å². The summed E-state index contributed by atoms with van der Waals surface area (Å²) in [6.07, 6.45) is -4.24. The first kappa shape index (κ1) is 21.8. The molecule has 158 valence electrons. The van der Waals surface area contributed by atoms with Crippen LogP contribution in [0.25, 0.3) is 0 Å². The van der Waals surface area contributed by atoms with Gasteiger partial charge in [0.05, 0.1) is 22.6 Å². The fourth-order valence-corrected chi connectivity index (χ4v) is 3.47. The molecule has 0 bridgehead atoms. The number of pyridine rings is 1. The highest BCUT2D eigenvalue weighted by molar-refractivity contribution is 6.33. The highest BCUT2D eigenvalue weighted by Gasteiger charge is 2.32. The molecule has 1 atom stereocenters. The van der Waals surface area contributed by atoms with E-state index in [9.17, 15) is 18.3 Å². The van der Waals surface area contributed by atoms with Gasteiger partial charge in [0.15, 0.2) is 0 Å². The van der Waals surface area contributed by atoms with Crippen molar-refractivity contribution in [1.29, 1.82) is 0 Å². The fraction of sp³-hybridized carbons (Fsp3) is 0.421. The summed E-state index contributed by atoms with van der Waals surface area (Å²) >= 11 is 11.6. The van der Waals surface area contributed by atoms with Crippen molar-refractivity contribution >= 4 is 40.4 Å². The predicted octanol–water partition coefficient (Wildman–Crippen LogP) is 4.09. The van der Waals surface area contributed by atoms with Gasteiger partial charge in [0.2, 0.25) is 0 Å². The van der Waals surface area contributed by atoms with Gasteiger partial charge < -0.3 is 20.2 Å². The normalized spacial score (nSPS) is 16.1. The Morgan fingerprint density at radius 2 is 1.72 bits per heavy atom. The minimum absolute atomic E-state index is 0.00263. The summed E-state index contributed by atoms with van der Waals surface area (Å²) in [5.74, 6) is 0.546. The molecule has 5 nitrogen and oxygen atoms in total. The van der Waals surface area contributed by atoms with Crippen LogP contribution in [0.2, 0.25) is 5.02 Å². The number of alkyl halides is 4. The fourth-order valence-electron chi connectivity index (χ4n) is 3.08. The molecular formula is C19H21Cl2F3N4O. The lowest BCUT2D eigenvalue weighted by Crippen LogP contribution is -2.47. The first-order chi connectivity index (χ1) is 13.8. The van der Waals surface area contributed by atoms with Gasteiger partial charge in [-0.3, -0.25) is 0 Å². The van der Waals surface area contributed by atoms with Gasteiger partial charge in [-0.2, -0.15) is 13.2 Å². The molecule has 1 unspecified atom stereocenters. The van der Waals surface area contributed by atoms with Gasteiger partial charge >= 0.3 is 6.18 Å². The number of aromatic nitrogens is 1. The number of nitrogens with one attached hydrogen (secondary N) is 1. The first-order valence-corrected chi connectivity index (χ1v) is 10.00. The third-order valence-corrected chi connectivity index (χ3v) is 5.32. The number of piperazine rings is 1. The average Bonchev–Trinajstić information content (AvgIpc) is 2.72. The molecular weight excluding hydrogens is 428 g/mol. The summed E-state index contributed by atoms with van der Waals surface area (Å²) in [5, 5.41) is 12.6. The Bertz CT molecular complexity index is 812. The summed E-state index contributed by atoms with van der Waals surface area (Å²) in [7, 11) is 0. The van der Waals surface area contributed by atoms with Gasteiger partial charge in [0, 0.05) is 50.3 Å². The van der Waals surface area contributed by atoms with E-state index in [2.05, 4.69) is 15.2 Å². The Labute approximate surface area is 177 Å². The highest BCUT2D eigenvalue weighted by atomic mass is 35.5. The summed E-state index contributed by atoms with van der Waals surface area (Å²) in [5.41, 5.74) is 1.08. The van der Waals surface area contributed by atoms with Crippen LogP contribution in [-0.4, -0.2) is 54.8 Å². The van der Waals surface area contributed by atoms with Gasteiger partial charge in [-0.1, -0.05) is 11.6 Å². The molecule has 2 N–H and O–H groups in total. The molecule has 1 aliphatic heterocycles. The van der Waals surface area contributed by atoms with Crippen molar-refractivity contribution in [3.8, 4) is 0 Å². The Hall–Kier alpha value is -1.90. The number of anilines is 3. The average molecular weight is 449 g/mol. The van der Waals surface area contributed by atoms with Crippen molar-refractivity contribution in [2.24, 2.45) is 0 Å². The van der Waals surface area contributed by atoms with Gasteiger partial charge in [-0.05, 0) is 30.3 Å². The molecule has 3 rings (SSSR count). The molecule has 0 radical (unpaired) electrons. The molecule has 1 aromatic heterocycles. The van der Waals surface area contributed by atoms with E-state index in [1.807, 2.05) is 29.2 Å². The molecule has 1 aliphatic rings. The zero-order chi connectivity index (χ0) is 21.0. The predicted molar refractivity (Wildman–Crippen MR) is 110 cm³/mol. The smallest absolute Gasteiger partial charge is 0.390 e. The second-order valence-corrected chi connectivity index (χ2v) is 7.45. The van der Waals surface area contributed by atoms with Gasteiger partial charge in [-0.15, -0.1) is 11.6 Å². The van der Waals surface area contributed by atoms with Crippen LogP contribution in [-0.2, 0) is 6.18 Å². The second-order valence-electron chi connectivity index (χ2n) is 6.74. The first-order valence-electron chi connectivity index (χ1n) is 9.08. The Balaban J connectivity index is 1.58. The summed E-state index contributed by atoms with van der Waals surface area (Å²) in [6, 6.07) is 8.74. The zero-order valence-corrected chi connectivity index (χ0v) is 17.0. The maximum atomic E-state index is 12.8. The molecule has 1 saturated heterocycles. The number of rotatable bonds is 6. The Morgan fingerprint density at radius 3 is 2.28 bits per heavy atom. The van der Waals surface area contributed by atoms with E-state index in [0.29, 0.717) is 38.5 Å². The van der Waals surface area contributed by atoms with E-state index >= 15 is 0 Å². The number of halogens is 5. The SMILES string of the molecule is OC(CCl)CNc1ccc(N2CCN(c3ncc(C(F)(F)F)cc3Cl)CC2)cc1. The Morgan fingerprint density at radius 1 is 1.10 bits per heavy atom. The van der Waals surface area contributed by atoms with Crippen LogP contribution in [0.1, 0.15) is 5.56 Å². The molecule has 10 heteroatoms. The minimum Gasteiger partial charge on any atom is -0.390 e. The monoisotopic (exact) mass is 448 g/mol. The van der Waals surface area contributed by atoms with E-state index in [1.54, 1.807) is 0 Å². The van der Waals surface area contributed by atoms with Gasteiger partial charge in [0.25, 0.3) is 0 Å². The molecule has 0 amide bonds. The van der Waals surface area contributed by atoms with Crippen LogP contribution < -0.4 is 15.1 Å². The standard InChI is InChI=1S/C19H21Cl2F3N4O/c20-10-16(29)12-25-14-1-3-15(4-2-14)27-5-7-28(8-6-27)18-17(21)9-13(11-26-18)19(22,23)24/h1-4,9,11,16,25,29H,5-8,10,12H2. The maximum Gasteiger partial charge on any atom is 0.417 e. The highest BCUT2D eigenvalue weighted by Crippen LogP contribution is 2.34.